The van der Waals surface area contributed by atoms with E-state index in [1.54, 1.807) is 36.4 Å². The van der Waals surface area contributed by atoms with Crippen LogP contribution in [0.4, 0.5) is 11.4 Å². The average Bonchev–Trinajstić information content (AvgIpc) is 2.79. The highest BCUT2D eigenvalue weighted by Gasteiger charge is 2.31. The van der Waals surface area contributed by atoms with Gasteiger partial charge in [0.15, 0.2) is 0 Å². The summed E-state index contributed by atoms with van der Waals surface area (Å²) in [6.45, 7) is 0. The van der Waals surface area contributed by atoms with E-state index in [2.05, 4.69) is 5.32 Å². The normalized spacial score (nSPS) is 14.6. The maximum atomic E-state index is 12.6. The Hall–Kier alpha value is -4.11. The molecule has 9 nitrogen and oxygen atoms in total. The van der Waals surface area contributed by atoms with Crippen molar-refractivity contribution in [3.63, 3.8) is 0 Å². The van der Waals surface area contributed by atoms with Crippen LogP contribution in [0.1, 0.15) is 15.9 Å². The largest absolute Gasteiger partial charge is 0.496 e. The third kappa shape index (κ3) is 4.88. The molecule has 0 amide bonds. The fourth-order valence-electron chi connectivity index (χ4n) is 3.34. The van der Waals surface area contributed by atoms with Gasteiger partial charge in [0, 0.05) is 17.5 Å². The van der Waals surface area contributed by atoms with E-state index in [1.165, 1.54) is 31.4 Å². The van der Waals surface area contributed by atoms with Crippen LogP contribution >= 0.6 is 11.6 Å². The molecule has 0 saturated heterocycles. The summed E-state index contributed by atoms with van der Waals surface area (Å²) in [7, 11) is 1.40. The van der Waals surface area contributed by atoms with Crippen molar-refractivity contribution in [2.24, 2.45) is 0 Å². The Bertz CT molecular complexity index is 1260. The van der Waals surface area contributed by atoms with Gasteiger partial charge in [-0.1, -0.05) is 23.7 Å². The second-order valence-corrected chi connectivity index (χ2v) is 7.57. The summed E-state index contributed by atoms with van der Waals surface area (Å²) in [5.74, 6) is -0.456. The van der Waals surface area contributed by atoms with Crippen LogP contribution < -0.4 is 19.5 Å². The first kappa shape index (κ1) is 22.1. The van der Waals surface area contributed by atoms with Crippen LogP contribution in [0.5, 0.6) is 17.2 Å². The maximum Gasteiger partial charge on any atom is 0.343 e. The number of carbonyl (C=O) groups excluding carboxylic acids is 2. The molecule has 0 spiro atoms. The lowest BCUT2D eigenvalue weighted by atomic mass is 10.0. The number of benzene rings is 3. The van der Waals surface area contributed by atoms with Crippen LogP contribution in [-0.4, -0.2) is 30.0 Å². The molecule has 3 aromatic rings. The van der Waals surface area contributed by atoms with E-state index in [1.807, 2.05) is 0 Å². The number of halogens is 1. The predicted molar refractivity (Wildman–Crippen MR) is 119 cm³/mol. The van der Waals surface area contributed by atoms with Gasteiger partial charge in [0.2, 0.25) is 0 Å². The molecular weight excluding hydrogens is 452 g/mol. The van der Waals surface area contributed by atoms with Crippen LogP contribution in [0.2, 0.25) is 5.02 Å². The fraction of sp³-hybridized carbons (Fsp3) is 0.130. The molecule has 1 unspecified atom stereocenters. The lowest BCUT2D eigenvalue weighted by Gasteiger charge is -2.25. The number of ether oxygens (including phenoxy) is 3. The number of esters is 2. The molecule has 1 N–H and O–H groups in total. The zero-order valence-corrected chi connectivity index (χ0v) is 18.0. The summed E-state index contributed by atoms with van der Waals surface area (Å²) in [4.78, 5) is 35.7. The molecule has 0 aromatic heterocycles. The van der Waals surface area contributed by atoms with Crippen LogP contribution in [0.25, 0.3) is 0 Å². The smallest absolute Gasteiger partial charge is 0.343 e. The number of fused-ring (bicyclic) bond motifs is 1. The van der Waals surface area contributed by atoms with E-state index in [0.29, 0.717) is 16.3 Å². The first-order valence-corrected chi connectivity index (χ1v) is 10.1. The standard InChI is InChI=1S/C23H17ClN2O7/c1-31-16-7-8-18(20(11-16)26(29)30)25-19-10-13-5-6-17(12-21(13)33-23(19)28)32-22(27)14-3-2-4-15(24)9-14/h2-9,11-12,19,25H,10H2,1H3. The minimum absolute atomic E-state index is 0.165. The Balaban J connectivity index is 1.50. The number of anilines is 1. The van der Waals surface area contributed by atoms with Crippen molar-refractivity contribution in [2.75, 3.05) is 12.4 Å². The SMILES string of the molecule is COc1ccc(NC2Cc3ccc(OC(=O)c4cccc(Cl)c4)cc3OC2=O)c([N+](=O)[O-])c1. The van der Waals surface area contributed by atoms with Crippen molar-refractivity contribution in [1.82, 2.24) is 0 Å². The van der Waals surface area contributed by atoms with Crippen LogP contribution in [-0.2, 0) is 11.2 Å². The van der Waals surface area contributed by atoms with Gasteiger partial charge in [0.05, 0.1) is 23.7 Å². The Labute approximate surface area is 193 Å². The topological polar surface area (TPSA) is 117 Å². The van der Waals surface area contributed by atoms with Crippen LogP contribution in [0.3, 0.4) is 0 Å². The molecule has 0 bridgehead atoms. The van der Waals surface area contributed by atoms with Crippen molar-refractivity contribution < 1.29 is 28.7 Å². The molecule has 0 saturated carbocycles. The first-order chi connectivity index (χ1) is 15.8. The molecule has 0 radical (unpaired) electrons. The Morgan fingerprint density at radius 3 is 2.67 bits per heavy atom. The highest BCUT2D eigenvalue weighted by atomic mass is 35.5. The van der Waals surface area contributed by atoms with Gasteiger partial charge in [0.25, 0.3) is 5.69 Å². The van der Waals surface area contributed by atoms with Gasteiger partial charge in [0.1, 0.15) is 29.0 Å². The molecule has 168 valence electrons. The van der Waals surface area contributed by atoms with E-state index in [4.69, 9.17) is 25.8 Å². The average molecular weight is 469 g/mol. The van der Waals surface area contributed by atoms with E-state index >= 15 is 0 Å². The zero-order chi connectivity index (χ0) is 23.5. The number of hydrogen-bond acceptors (Lipinski definition) is 8. The molecule has 1 aliphatic rings. The molecule has 3 aromatic carbocycles. The van der Waals surface area contributed by atoms with Crippen molar-refractivity contribution in [1.29, 1.82) is 0 Å². The molecule has 1 atom stereocenters. The predicted octanol–water partition coefficient (Wildman–Crippen LogP) is 4.42. The zero-order valence-electron chi connectivity index (χ0n) is 17.2. The maximum absolute atomic E-state index is 12.6. The first-order valence-electron chi connectivity index (χ1n) is 9.75. The summed E-state index contributed by atoms with van der Waals surface area (Å²) in [5.41, 5.74) is 0.892. The lowest BCUT2D eigenvalue weighted by molar-refractivity contribution is -0.384. The summed E-state index contributed by atoms with van der Waals surface area (Å²) < 4.78 is 15.8. The second-order valence-electron chi connectivity index (χ2n) is 7.13. The second kappa shape index (κ2) is 9.17. The van der Waals surface area contributed by atoms with Gasteiger partial charge in [-0.25, -0.2) is 9.59 Å². The van der Waals surface area contributed by atoms with Crippen molar-refractivity contribution >= 4 is 34.9 Å². The number of nitro benzene ring substituents is 1. The van der Waals surface area contributed by atoms with E-state index in [-0.39, 0.29) is 34.9 Å². The lowest BCUT2D eigenvalue weighted by Crippen LogP contribution is -2.38. The number of hydrogen-bond donors (Lipinski definition) is 1. The molecule has 0 fully saturated rings. The van der Waals surface area contributed by atoms with Crippen LogP contribution in [0.15, 0.2) is 60.7 Å². The van der Waals surface area contributed by atoms with Crippen molar-refractivity contribution in [2.45, 2.75) is 12.5 Å². The number of rotatable bonds is 6. The van der Waals surface area contributed by atoms with Gasteiger partial charge in [-0.15, -0.1) is 0 Å². The summed E-state index contributed by atoms with van der Waals surface area (Å²) >= 11 is 5.90. The molecule has 0 aliphatic carbocycles. The van der Waals surface area contributed by atoms with E-state index in [0.717, 1.165) is 0 Å². The molecular formula is C23H17ClN2O7. The molecule has 1 aliphatic heterocycles. The monoisotopic (exact) mass is 468 g/mol. The van der Waals surface area contributed by atoms with Gasteiger partial charge in [-0.05, 0) is 42.0 Å². The van der Waals surface area contributed by atoms with E-state index in [9.17, 15) is 19.7 Å². The van der Waals surface area contributed by atoms with Crippen molar-refractivity contribution in [3.8, 4) is 17.2 Å². The number of nitrogens with zero attached hydrogens (tertiary/aromatic N) is 1. The number of carbonyl (C=O) groups is 2. The third-order valence-electron chi connectivity index (χ3n) is 4.96. The van der Waals surface area contributed by atoms with E-state index < -0.39 is 22.9 Å². The van der Waals surface area contributed by atoms with Gasteiger partial charge in [-0.3, -0.25) is 10.1 Å². The Morgan fingerprint density at radius 2 is 1.94 bits per heavy atom. The fourth-order valence-corrected chi connectivity index (χ4v) is 3.53. The van der Waals surface area contributed by atoms with Gasteiger partial charge >= 0.3 is 11.9 Å². The highest BCUT2D eigenvalue weighted by molar-refractivity contribution is 6.30. The summed E-state index contributed by atoms with van der Waals surface area (Å²) in [5, 5.41) is 14.7. The highest BCUT2D eigenvalue weighted by Crippen LogP contribution is 2.34. The number of nitro groups is 1. The molecule has 4 rings (SSSR count). The Kier molecular flexibility index (Phi) is 6.14. The minimum atomic E-state index is -0.843. The van der Waals surface area contributed by atoms with Crippen molar-refractivity contribution in [3.05, 3.63) is 86.9 Å². The summed E-state index contributed by atoms with van der Waals surface area (Å²) in [6, 6.07) is 14.5. The summed E-state index contributed by atoms with van der Waals surface area (Å²) in [6.07, 6.45) is 0.222. The Morgan fingerprint density at radius 1 is 1.15 bits per heavy atom. The van der Waals surface area contributed by atoms with Gasteiger partial charge < -0.3 is 19.5 Å². The molecule has 10 heteroatoms. The van der Waals surface area contributed by atoms with Gasteiger partial charge in [-0.2, -0.15) is 0 Å². The molecule has 1 heterocycles. The van der Waals surface area contributed by atoms with Crippen LogP contribution in [0, 0.1) is 10.1 Å². The number of nitrogens with one attached hydrogen (secondary N) is 1. The number of methoxy groups -OCH3 is 1. The quantitative estimate of drug-likeness (QED) is 0.244. The third-order valence-corrected chi connectivity index (χ3v) is 5.20. The minimum Gasteiger partial charge on any atom is -0.496 e. The molecule has 33 heavy (non-hydrogen) atoms.